The van der Waals surface area contributed by atoms with Crippen LogP contribution in [-0.4, -0.2) is 21.1 Å². The van der Waals surface area contributed by atoms with Crippen molar-refractivity contribution in [3.8, 4) is 0 Å². The van der Waals surface area contributed by atoms with E-state index in [4.69, 9.17) is 11.6 Å². The average Bonchev–Trinajstić information content (AvgIpc) is 3.03. The molecule has 1 aromatic heterocycles. The largest absolute Gasteiger partial charge is 0.387 e. The van der Waals surface area contributed by atoms with Crippen molar-refractivity contribution >= 4 is 17.4 Å². The molecule has 0 bridgehead atoms. The van der Waals surface area contributed by atoms with Gasteiger partial charge in [0.2, 0.25) is 0 Å². The first-order valence-corrected chi connectivity index (χ1v) is 5.92. The molecule has 88 valence electrons. The molecule has 0 amide bonds. The van der Waals surface area contributed by atoms with Crippen molar-refractivity contribution in [3.63, 3.8) is 0 Å². The smallest absolute Gasteiger partial charge is 0.148 e. The number of aliphatic hydroxyl groups excluding tert-OH is 1. The van der Waals surface area contributed by atoms with E-state index >= 15 is 0 Å². The van der Waals surface area contributed by atoms with Crippen LogP contribution in [0.2, 0.25) is 5.02 Å². The summed E-state index contributed by atoms with van der Waals surface area (Å²) in [4.78, 5) is 8.08. The van der Waals surface area contributed by atoms with E-state index in [1.54, 1.807) is 6.92 Å². The molecule has 0 aliphatic heterocycles. The van der Waals surface area contributed by atoms with Crippen LogP contribution in [0.3, 0.4) is 0 Å². The lowest BCUT2D eigenvalue weighted by atomic mass is 10.2. The summed E-state index contributed by atoms with van der Waals surface area (Å²) in [5, 5.41) is 13.2. The quantitative estimate of drug-likeness (QED) is 0.850. The number of aromatic nitrogens is 2. The second kappa shape index (κ2) is 4.55. The summed E-state index contributed by atoms with van der Waals surface area (Å²) < 4.78 is 0. The van der Waals surface area contributed by atoms with E-state index in [-0.39, 0.29) is 0 Å². The lowest BCUT2D eigenvalue weighted by Crippen LogP contribution is -2.19. The van der Waals surface area contributed by atoms with Gasteiger partial charge >= 0.3 is 0 Å². The molecule has 2 N–H and O–H groups in total. The Labute approximate surface area is 100 Å². The Balaban J connectivity index is 2.16. The fourth-order valence-corrected chi connectivity index (χ4v) is 2.02. The summed E-state index contributed by atoms with van der Waals surface area (Å²) in [6, 6.07) is 0.370. The van der Waals surface area contributed by atoms with E-state index in [1.807, 2.05) is 0 Å². The highest BCUT2D eigenvalue weighted by molar-refractivity contribution is 6.33. The van der Waals surface area contributed by atoms with Crippen LogP contribution in [0.15, 0.2) is 6.33 Å². The molecule has 1 aromatic rings. The molecule has 0 radical (unpaired) electrons. The molecule has 16 heavy (non-hydrogen) atoms. The van der Waals surface area contributed by atoms with Gasteiger partial charge in [-0.05, 0) is 32.6 Å². The molecule has 1 heterocycles. The van der Waals surface area contributed by atoms with Crippen molar-refractivity contribution in [1.82, 2.24) is 9.97 Å². The first-order chi connectivity index (χ1) is 7.59. The minimum absolute atomic E-state index is 0.370. The Morgan fingerprint density at radius 1 is 1.44 bits per heavy atom. The van der Waals surface area contributed by atoms with Gasteiger partial charge in [-0.1, -0.05) is 11.6 Å². The standard InChI is InChI=1S/C11H16ClN3O/c1-6(8-3-4-8)15-11-9(12)10(7(2)16)13-5-14-11/h5-8,16H,3-4H2,1-2H3,(H,13,14,15). The van der Waals surface area contributed by atoms with Gasteiger partial charge in [0.25, 0.3) is 0 Å². The Kier molecular flexibility index (Phi) is 3.30. The van der Waals surface area contributed by atoms with E-state index in [1.165, 1.54) is 19.2 Å². The molecule has 0 aromatic carbocycles. The Morgan fingerprint density at radius 2 is 2.12 bits per heavy atom. The van der Waals surface area contributed by atoms with E-state index in [9.17, 15) is 5.11 Å². The maximum Gasteiger partial charge on any atom is 0.148 e. The van der Waals surface area contributed by atoms with E-state index < -0.39 is 6.10 Å². The zero-order valence-corrected chi connectivity index (χ0v) is 10.2. The highest BCUT2D eigenvalue weighted by Gasteiger charge is 2.28. The maximum atomic E-state index is 9.48. The molecule has 2 atom stereocenters. The maximum absolute atomic E-state index is 9.48. The number of nitrogens with one attached hydrogen (secondary N) is 1. The molecular formula is C11H16ClN3O. The fourth-order valence-electron chi connectivity index (χ4n) is 1.71. The van der Waals surface area contributed by atoms with E-state index in [2.05, 4.69) is 22.2 Å². The lowest BCUT2D eigenvalue weighted by Gasteiger charge is -2.16. The first kappa shape index (κ1) is 11.6. The van der Waals surface area contributed by atoms with Gasteiger partial charge in [0, 0.05) is 6.04 Å². The van der Waals surface area contributed by atoms with Crippen molar-refractivity contribution < 1.29 is 5.11 Å². The van der Waals surface area contributed by atoms with Crippen LogP contribution in [0.25, 0.3) is 0 Å². The van der Waals surface area contributed by atoms with Gasteiger partial charge in [-0.25, -0.2) is 9.97 Å². The van der Waals surface area contributed by atoms with Gasteiger partial charge in [0.15, 0.2) is 0 Å². The van der Waals surface area contributed by atoms with Crippen LogP contribution in [0.5, 0.6) is 0 Å². The average molecular weight is 242 g/mol. The Hall–Kier alpha value is -0.870. The molecule has 1 saturated carbocycles. The molecule has 5 heteroatoms. The number of anilines is 1. The number of nitrogens with zero attached hydrogens (tertiary/aromatic N) is 2. The molecular weight excluding hydrogens is 226 g/mol. The van der Waals surface area contributed by atoms with Crippen LogP contribution >= 0.6 is 11.6 Å². The summed E-state index contributed by atoms with van der Waals surface area (Å²) in [5.74, 6) is 1.34. The van der Waals surface area contributed by atoms with Crippen LogP contribution in [-0.2, 0) is 0 Å². The van der Waals surface area contributed by atoms with E-state index in [0.717, 1.165) is 5.92 Å². The van der Waals surface area contributed by atoms with Crippen LogP contribution in [0.4, 0.5) is 5.82 Å². The molecule has 1 fully saturated rings. The molecule has 0 saturated heterocycles. The summed E-state index contributed by atoms with van der Waals surface area (Å²) in [7, 11) is 0. The summed E-state index contributed by atoms with van der Waals surface area (Å²) in [5.41, 5.74) is 0.474. The normalized spacial score (nSPS) is 19.2. The topological polar surface area (TPSA) is 58.0 Å². The van der Waals surface area contributed by atoms with Crippen LogP contribution in [0, 0.1) is 5.92 Å². The van der Waals surface area contributed by atoms with Gasteiger partial charge in [-0.2, -0.15) is 0 Å². The third-order valence-corrected chi connectivity index (χ3v) is 3.28. The van der Waals surface area contributed by atoms with Crippen molar-refractivity contribution in [2.45, 2.75) is 38.8 Å². The minimum atomic E-state index is -0.674. The third kappa shape index (κ3) is 2.44. The summed E-state index contributed by atoms with van der Waals surface area (Å²) in [6.45, 7) is 3.76. The number of hydrogen-bond donors (Lipinski definition) is 2. The van der Waals surface area contributed by atoms with Gasteiger partial charge in [0.05, 0.1) is 11.8 Å². The summed E-state index contributed by atoms with van der Waals surface area (Å²) in [6.07, 6.45) is 3.28. The van der Waals surface area contributed by atoms with Gasteiger partial charge in [-0.15, -0.1) is 0 Å². The SMILES string of the molecule is CC(O)c1ncnc(NC(C)C2CC2)c1Cl. The van der Waals surface area contributed by atoms with Crippen molar-refractivity contribution in [1.29, 1.82) is 0 Å². The van der Waals surface area contributed by atoms with Gasteiger partial charge < -0.3 is 10.4 Å². The molecule has 2 rings (SSSR count). The monoisotopic (exact) mass is 241 g/mol. The number of aliphatic hydroxyl groups is 1. The zero-order valence-electron chi connectivity index (χ0n) is 9.44. The van der Waals surface area contributed by atoms with Crippen molar-refractivity contribution in [2.24, 2.45) is 5.92 Å². The lowest BCUT2D eigenvalue weighted by molar-refractivity contribution is 0.194. The summed E-state index contributed by atoms with van der Waals surface area (Å²) >= 11 is 6.13. The predicted molar refractivity (Wildman–Crippen MR) is 63.5 cm³/mol. The van der Waals surface area contributed by atoms with Crippen molar-refractivity contribution in [2.75, 3.05) is 5.32 Å². The zero-order chi connectivity index (χ0) is 11.7. The molecule has 2 unspecified atom stereocenters. The van der Waals surface area contributed by atoms with E-state index in [0.29, 0.717) is 22.6 Å². The highest BCUT2D eigenvalue weighted by atomic mass is 35.5. The Bertz CT molecular complexity index is 379. The van der Waals surface area contributed by atoms with Crippen LogP contribution < -0.4 is 5.32 Å². The second-order valence-electron chi connectivity index (χ2n) is 4.37. The second-order valence-corrected chi connectivity index (χ2v) is 4.75. The molecule has 0 spiro atoms. The minimum Gasteiger partial charge on any atom is -0.387 e. The number of rotatable bonds is 4. The number of hydrogen-bond acceptors (Lipinski definition) is 4. The van der Waals surface area contributed by atoms with Crippen molar-refractivity contribution in [3.05, 3.63) is 17.0 Å². The highest BCUT2D eigenvalue weighted by Crippen LogP contribution is 2.35. The van der Waals surface area contributed by atoms with Gasteiger partial charge in [0.1, 0.15) is 17.2 Å². The molecule has 1 aliphatic carbocycles. The number of halogens is 1. The first-order valence-electron chi connectivity index (χ1n) is 5.54. The third-order valence-electron chi connectivity index (χ3n) is 2.91. The Morgan fingerprint density at radius 3 is 2.69 bits per heavy atom. The predicted octanol–water partition coefficient (Wildman–Crippen LogP) is 2.39. The van der Waals surface area contributed by atoms with Crippen LogP contribution in [0.1, 0.15) is 38.5 Å². The molecule has 1 aliphatic rings. The van der Waals surface area contributed by atoms with Gasteiger partial charge in [-0.3, -0.25) is 0 Å². The molecule has 4 nitrogen and oxygen atoms in total. The fraction of sp³-hybridized carbons (Fsp3) is 0.636.